The monoisotopic (exact) mass is 326 g/mol. The third kappa shape index (κ3) is 3.13. The number of halogens is 4. The quantitative estimate of drug-likeness (QED) is 0.844. The minimum atomic E-state index is -5.60. The highest BCUT2D eigenvalue weighted by atomic mass is 32.2. The zero-order valence-corrected chi connectivity index (χ0v) is 11.9. The van der Waals surface area contributed by atoms with Crippen molar-refractivity contribution < 1.29 is 26.0 Å². The molecule has 1 aromatic carbocycles. The van der Waals surface area contributed by atoms with E-state index in [9.17, 15) is 26.0 Å². The molecule has 1 fully saturated rings. The second-order valence-corrected chi connectivity index (χ2v) is 6.77. The molecule has 0 radical (unpaired) electrons. The van der Waals surface area contributed by atoms with E-state index in [-0.39, 0.29) is 11.7 Å². The predicted molar refractivity (Wildman–Crippen MR) is 69.3 cm³/mol. The molecule has 1 aliphatic rings. The van der Waals surface area contributed by atoms with Crippen LogP contribution in [0.5, 0.6) is 0 Å². The van der Waals surface area contributed by atoms with E-state index >= 15 is 0 Å². The van der Waals surface area contributed by atoms with E-state index in [2.05, 4.69) is 5.32 Å². The minimum absolute atomic E-state index is 0.00903. The Kier molecular flexibility index (Phi) is 4.16. The van der Waals surface area contributed by atoms with Gasteiger partial charge in [-0.15, -0.1) is 0 Å². The summed E-state index contributed by atoms with van der Waals surface area (Å²) in [6, 6.07) is 2.44. The van der Waals surface area contributed by atoms with Gasteiger partial charge < -0.3 is 10.2 Å². The molecule has 0 spiro atoms. The van der Waals surface area contributed by atoms with Gasteiger partial charge in [0.1, 0.15) is 10.7 Å². The Morgan fingerprint density at radius 2 is 2.00 bits per heavy atom. The van der Waals surface area contributed by atoms with Crippen LogP contribution in [0, 0.1) is 5.82 Å². The topological polar surface area (TPSA) is 49.4 Å². The molecule has 4 nitrogen and oxygen atoms in total. The van der Waals surface area contributed by atoms with Crippen LogP contribution in [0.15, 0.2) is 23.1 Å². The summed E-state index contributed by atoms with van der Waals surface area (Å²) < 4.78 is 74.7. The molecular weight excluding hydrogens is 312 g/mol. The third-order valence-corrected chi connectivity index (χ3v) is 4.74. The molecule has 118 valence electrons. The van der Waals surface area contributed by atoms with Crippen molar-refractivity contribution in [2.45, 2.75) is 23.4 Å². The lowest BCUT2D eigenvalue weighted by Crippen LogP contribution is -2.49. The second kappa shape index (κ2) is 5.45. The molecule has 1 atom stereocenters. The summed E-state index contributed by atoms with van der Waals surface area (Å²) in [5.41, 5.74) is -5.59. The van der Waals surface area contributed by atoms with Crippen LogP contribution in [0.2, 0.25) is 0 Å². The number of benzene rings is 1. The lowest BCUT2D eigenvalue weighted by atomic mass is 10.2. The molecule has 0 aromatic heterocycles. The number of hydrogen-bond acceptors (Lipinski definition) is 4. The maximum atomic E-state index is 13.2. The summed E-state index contributed by atoms with van der Waals surface area (Å²) in [6.45, 7) is 3.01. The Labute approximate surface area is 119 Å². The number of sulfone groups is 1. The van der Waals surface area contributed by atoms with Crippen molar-refractivity contribution in [1.29, 1.82) is 0 Å². The lowest BCUT2D eigenvalue weighted by Gasteiger charge is -2.34. The van der Waals surface area contributed by atoms with Crippen molar-refractivity contribution in [2.24, 2.45) is 0 Å². The highest BCUT2D eigenvalue weighted by Gasteiger charge is 2.48. The van der Waals surface area contributed by atoms with Gasteiger partial charge in [0, 0.05) is 25.7 Å². The van der Waals surface area contributed by atoms with Crippen LogP contribution >= 0.6 is 0 Å². The highest BCUT2D eigenvalue weighted by molar-refractivity contribution is 7.92. The van der Waals surface area contributed by atoms with Crippen molar-refractivity contribution in [3.05, 3.63) is 24.0 Å². The number of rotatable bonds is 2. The molecule has 9 heteroatoms. The number of nitrogens with zero attached hydrogens (tertiary/aromatic N) is 1. The Balaban J connectivity index is 2.53. The Bertz CT molecular complexity index is 631. The van der Waals surface area contributed by atoms with Gasteiger partial charge >= 0.3 is 5.51 Å². The fourth-order valence-electron chi connectivity index (χ4n) is 2.24. The zero-order chi connectivity index (χ0) is 15.8. The van der Waals surface area contributed by atoms with Gasteiger partial charge in [0.05, 0.1) is 5.69 Å². The highest BCUT2D eigenvalue weighted by Crippen LogP contribution is 2.36. The van der Waals surface area contributed by atoms with Crippen LogP contribution in [0.1, 0.15) is 6.92 Å². The van der Waals surface area contributed by atoms with E-state index in [1.807, 2.05) is 6.92 Å². The summed E-state index contributed by atoms with van der Waals surface area (Å²) in [5.74, 6) is -1.02. The van der Waals surface area contributed by atoms with Gasteiger partial charge in [0.25, 0.3) is 9.84 Å². The number of nitrogens with one attached hydrogen (secondary N) is 1. The van der Waals surface area contributed by atoms with E-state index < -0.39 is 26.1 Å². The van der Waals surface area contributed by atoms with E-state index in [0.717, 1.165) is 12.1 Å². The minimum Gasteiger partial charge on any atom is -0.368 e. The van der Waals surface area contributed by atoms with Crippen molar-refractivity contribution in [2.75, 3.05) is 24.5 Å². The summed E-state index contributed by atoms with van der Waals surface area (Å²) in [5, 5.41) is 3.09. The van der Waals surface area contributed by atoms with Crippen LogP contribution in [-0.2, 0) is 9.84 Å². The maximum Gasteiger partial charge on any atom is 0.501 e. The van der Waals surface area contributed by atoms with Gasteiger partial charge in [0.15, 0.2) is 0 Å². The van der Waals surface area contributed by atoms with Gasteiger partial charge in [-0.2, -0.15) is 13.2 Å². The molecule has 2 rings (SSSR count). The summed E-state index contributed by atoms with van der Waals surface area (Å²) in [6.07, 6.45) is 0. The largest absolute Gasteiger partial charge is 0.501 e. The number of piperazine rings is 1. The molecule has 1 aromatic rings. The Morgan fingerprint density at radius 1 is 1.33 bits per heavy atom. The van der Waals surface area contributed by atoms with Crippen LogP contribution < -0.4 is 10.2 Å². The average molecular weight is 326 g/mol. The molecule has 1 aliphatic heterocycles. The van der Waals surface area contributed by atoms with Crippen molar-refractivity contribution in [3.63, 3.8) is 0 Å². The number of anilines is 1. The molecule has 0 saturated carbocycles. The van der Waals surface area contributed by atoms with Crippen LogP contribution in [0.25, 0.3) is 0 Å². The predicted octanol–water partition coefficient (Wildman–Crippen LogP) is 1.92. The fourth-order valence-corrected chi connectivity index (χ4v) is 3.23. The van der Waals surface area contributed by atoms with Crippen LogP contribution in [-0.4, -0.2) is 39.6 Å². The first-order valence-electron chi connectivity index (χ1n) is 6.22. The standard InChI is InChI=1S/C12H14F4N2O2S/c1-8-7-18(5-4-17-8)10-3-2-9(13)6-11(10)21(19,20)12(14,15)16/h2-3,6,8,17H,4-5,7H2,1H3/t8-/m1/s1. The van der Waals surface area contributed by atoms with E-state index in [4.69, 9.17) is 0 Å². The van der Waals surface area contributed by atoms with Gasteiger partial charge in [-0.3, -0.25) is 0 Å². The second-order valence-electron chi connectivity index (χ2n) is 4.86. The summed E-state index contributed by atoms with van der Waals surface area (Å²) >= 11 is 0. The molecule has 0 unspecified atom stereocenters. The molecule has 1 saturated heterocycles. The molecular formula is C12H14F4N2O2S. The first kappa shape index (κ1) is 16.0. The Morgan fingerprint density at radius 3 is 2.57 bits per heavy atom. The lowest BCUT2D eigenvalue weighted by molar-refractivity contribution is -0.0435. The molecule has 0 aliphatic carbocycles. The molecule has 0 amide bonds. The van der Waals surface area contributed by atoms with Crippen molar-refractivity contribution >= 4 is 15.5 Å². The van der Waals surface area contributed by atoms with Crippen LogP contribution in [0.3, 0.4) is 0 Å². The average Bonchev–Trinajstić information content (AvgIpc) is 2.37. The normalized spacial score (nSPS) is 20.6. The van der Waals surface area contributed by atoms with E-state index in [0.29, 0.717) is 25.7 Å². The van der Waals surface area contributed by atoms with E-state index in [1.165, 1.54) is 4.90 Å². The summed E-state index contributed by atoms with van der Waals surface area (Å²) in [7, 11) is -5.60. The SMILES string of the molecule is C[C@@H]1CN(c2ccc(F)cc2S(=O)(=O)C(F)(F)F)CCN1. The first-order chi connectivity index (χ1) is 9.63. The van der Waals surface area contributed by atoms with Gasteiger partial charge in [0.2, 0.25) is 0 Å². The number of hydrogen-bond donors (Lipinski definition) is 1. The fraction of sp³-hybridized carbons (Fsp3) is 0.500. The smallest absolute Gasteiger partial charge is 0.368 e. The third-order valence-electron chi connectivity index (χ3n) is 3.23. The van der Waals surface area contributed by atoms with Crippen molar-refractivity contribution in [3.8, 4) is 0 Å². The van der Waals surface area contributed by atoms with Gasteiger partial charge in [-0.05, 0) is 25.1 Å². The number of alkyl halides is 3. The maximum absolute atomic E-state index is 13.2. The molecule has 1 heterocycles. The van der Waals surface area contributed by atoms with Crippen LogP contribution in [0.4, 0.5) is 23.2 Å². The van der Waals surface area contributed by atoms with Crippen molar-refractivity contribution in [1.82, 2.24) is 5.32 Å². The molecule has 1 N–H and O–H groups in total. The Hall–Kier alpha value is -1.35. The van der Waals surface area contributed by atoms with Gasteiger partial charge in [-0.1, -0.05) is 0 Å². The summed E-state index contributed by atoms with van der Waals surface area (Å²) in [4.78, 5) is 0.475. The first-order valence-corrected chi connectivity index (χ1v) is 7.70. The van der Waals surface area contributed by atoms with Gasteiger partial charge in [-0.25, -0.2) is 12.8 Å². The molecule has 21 heavy (non-hydrogen) atoms. The zero-order valence-electron chi connectivity index (χ0n) is 11.1. The molecule has 0 bridgehead atoms. The van der Waals surface area contributed by atoms with E-state index in [1.54, 1.807) is 0 Å².